The van der Waals surface area contributed by atoms with Crippen molar-refractivity contribution < 1.29 is 19.4 Å². The number of esters is 1. The van der Waals surface area contributed by atoms with Gasteiger partial charge in [0.2, 0.25) is 0 Å². The van der Waals surface area contributed by atoms with Crippen LogP contribution in [0.15, 0.2) is 30.5 Å². The smallest absolute Gasteiger partial charge is 0.311 e. The fourth-order valence-corrected chi connectivity index (χ4v) is 6.80. The number of aromatic nitrogens is 3. The maximum absolute atomic E-state index is 12.5. The molecule has 1 aromatic carbocycles. The van der Waals surface area contributed by atoms with E-state index in [9.17, 15) is 9.90 Å². The van der Waals surface area contributed by atoms with Crippen molar-refractivity contribution in [1.82, 2.24) is 15.0 Å². The fraction of sp³-hybridized carbons (Fsp3) is 0.654. The number of aliphatic hydroxyl groups is 1. The summed E-state index contributed by atoms with van der Waals surface area (Å²) in [5, 5.41) is 20.7. The number of hydrogen-bond donors (Lipinski definition) is 1. The molecule has 6 atom stereocenters. The summed E-state index contributed by atoms with van der Waals surface area (Å²) in [6, 6.07) is 8.39. The highest BCUT2D eigenvalue weighted by Gasteiger charge is 2.60. The van der Waals surface area contributed by atoms with Crippen molar-refractivity contribution in [2.45, 2.75) is 70.6 Å². The Kier molecular flexibility index (Phi) is 5.81. The summed E-state index contributed by atoms with van der Waals surface area (Å²) in [6.07, 6.45) is 7.19. The van der Waals surface area contributed by atoms with Crippen LogP contribution in [0.3, 0.4) is 0 Å². The van der Waals surface area contributed by atoms with Crippen molar-refractivity contribution in [2.24, 2.45) is 23.2 Å². The van der Waals surface area contributed by atoms with Crippen LogP contribution in [0.25, 0.3) is 11.3 Å². The Balaban J connectivity index is 1.38. The molecule has 178 valence electrons. The van der Waals surface area contributed by atoms with Crippen LogP contribution in [0.4, 0.5) is 0 Å². The highest BCUT2D eigenvalue weighted by molar-refractivity contribution is 5.75. The van der Waals surface area contributed by atoms with E-state index in [1.807, 2.05) is 6.20 Å². The molecule has 0 unspecified atom stereocenters. The number of fused-ring (bicyclic) bond motifs is 2. The summed E-state index contributed by atoms with van der Waals surface area (Å²) < 4.78 is 12.9. The number of hydrogen-bond acceptors (Lipinski definition) is 6. The maximum atomic E-state index is 12.5. The zero-order chi connectivity index (χ0) is 23.2. The molecule has 2 saturated carbocycles. The molecule has 33 heavy (non-hydrogen) atoms. The van der Waals surface area contributed by atoms with Gasteiger partial charge in [-0.3, -0.25) is 4.79 Å². The van der Waals surface area contributed by atoms with Crippen molar-refractivity contribution in [1.29, 1.82) is 0 Å². The lowest BCUT2D eigenvalue weighted by Gasteiger charge is -2.55. The molecule has 2 aliphatic carbocycles. The molecule has 0 spiro atoms. The van der Waals surface area contributed by atoms with E-state index in [4.69, 9.17) is 9.47 Å². The van der Waals surface area contributed by atoms with Gasteiger partial charge in [0.15, 0.2) is 0 Å². The molecular weight excluding hydrogens is 418 g/mol. The first-order valence-electron chi connectivity index (χ1n) is 12.3. The Morgan fingerprint density at radius 2 is 2.06 bits per heavy atom. The molecule has 1 aliphatic heterocycles. The van der Waals surface area contributed by atoms with Gasteiger partial charge in [0.25, 0.3) is 0 Å². The standard InChI is InChI=1S/C26H35N3O4/c1-4-17-6-8-18(9-7-17)21-14-29(28-27-21)16-26(31)11-5-10-25(2)13-22-19(12-23(25)26)20(15-32-3)24(30)33-22/h6-9,14,19-20,22-23,31H,4-5,10-13,15-16H2,1-3H3/t19-,20+,22-,23-,25-,26+/m1/s1. The molecule has 7 nitrogen and oxygen atoms in total. The number of carbonyl (C=O) groups is 1. The largest absolute Gasteiger partial charge is 0.462 e. The van der Waals surface area contributed by atoms with Crippen LogP contribution in [-0.2, 0) is 27.2 Å². The van der Waals surface area contributed by atoms with Gasteiger partial charge >= 0.3 is 5.97 Å². The number of aryl methyl sites for hydroxylation is 1. The molecule has 1 N–H and O–H groups in total. The third-order valence-corrected chi connectivity index (χ3v) is 8.57. The third-order valence-electron chi connectivity index (χ3n) is 8.57. The third kappa shape index (κ3) is 3.99. The van der Waals surface area contributed by atoms with E-state index >= 15 is 0 Å². The molecule has 7 heteroatoms. The van der Waals surface area contributed by atoms with Crippen LogP contribution >= 0.6 is 0 Å². The van der Waals surface area contributed by atoms with Crippen molar-refractivity contribution in [3.8, 4) is 11.3 Å². The molecule has 0 radical (unpaired) electrons. The molecule has 2 heterocycles. The normalized spacial score (nSPS) is 35.7. The van der Waals surface area contributed by atoms with E-state index in [0.29, 0.717) is 13.2 Å². The van der Waals surface area contributed by atoms with Crippen LogP contribution in [0, 0.1) is 23.2 Å². The molecule has 0 bridgehead atoms. The van der Waals surface area contributed by atoms with Crippen molar-refractivity contribution in [2.75, 3.05) is 13.7 Å². The summed E-state index contributed by atoms with van der Waals surface area (Å²) in [4.78, 5) is 12.5. The minimum absolute atomic E-state index is 0.0597. The number of benzene rings is 1. The lowest BCUT2D eigenvalue weighted by molar-refractivity contribution is -0.165. The van der Waals surface area contributed by atoms with Gasteiger partial charge in [-0.15, -0.1) is 5.10 Å². The number of methoxy groups -OCH3 is 1. The second kappa shape index (κ2) is 8.51. The van der Waals surface area contributed by atoms with Gasteiger partial charge in [-0.25, -0.2) is 4.68 Å². The highest BCUT2D eigenvalue weighted by atomic mass is 16.6. The number of rotatable bonds is 6. The van der Waals surface area contributed by atoms with E-state index in [1.54, 1.807) is 11.8 Å². The molecule has 3 aliphatic rings. The summed E-state index contributed by atoms with van der Waals surface area (Å²) in [5.41, 5.74) is 2.19. The number of nitrogens with zero attached hydrogens (tertiary/aromatic N) is 3. The Morgan fingerprint density at radius 3 is 2.79 bits per heavy atom. The molecule has 3 fully saturated rings. The van der Waals surface area contributed by atoms with Crippen LogP contribution in [-0.4, -0.2) is 51.5 Å². The first-order chi connectivity index (χ1) is 15.8. The van der Waals surface area contributed by atoms with Crippen LogP contribution in [0.1, 0.15) is 51.5 Å². The molecule has 1 saturated heterocycles. The topological polar surface area (TPSA) is 86.5 Å². The van der Waals surface area contributed by atoms with Crippen LogP contribution in [0.2, 0.25) is 0 Å². The van der Waals surface area contributed by atoms with E-state index < -0.39 is 5.60 Å². The van der Waals surface area contributed by atoms with Gasteiger partial charge in [-0.1, -0.05) is 43.3 Å². The average Bonchev–Trinajstić information content (AvgIpc) is 3.36. The Bertz CT molecular complexity index is 1010. The fourth-order valence-electron chi connectivity index (χ4n) is 6.80. The number of carbonyl (C=O) groups excluding carboxylic acids is 1. The molecular formula is C26H35N3O4. The van der Waals surface area contributed by atoms with Crippen molar-refractivity contribution in [3.63, 3.8) is 0 Å². The molecule has 5 rings (SSSR count). The van der Waals surface area contributed by atoms with E-state index in [0.717, 1.165) is 49.8 Å². The lowest BCUT2D eigenvalue weighted by atomic mass is 9.52. The molecule has 1 aromatic heterocycles. The monoisotopic (exact) mass is 453 g/mol. The van der Waals surface area contributed by atoms with E-state index in [1.165, 1.54) is 5.56 Å². The minimum Gasteiger partial charge on any atom is -0.462 e. The second-order valence-corrected chi connectivity index (χ2v) is 10.7. The van der Waals surface area contributed by atoms with Crippen molar-refractivity contribution >= 4 is 5.97 Å². The zero-order valence-corrected chi connectivity index (χ0v) is 19.9. The van der Waals surface area contributed by atoms with Gasteiger partial charge in [-0.2, -0.15) is 0 Å². The number of ether oxygens (including phenoxy) is 2. The molecule has 0 amide bonds. The van der Waals surface area contributed by atoms with Crippen LogP contribution in [0.5, 0.6) is 0 Å². The van der Waals surface area contributed by atoms with Gasteiger partial charge in [-0.05, 0) is 55.4 Å². The van der Waals surface area contributed by atoms with E-state index in [-0.39, 0.29) is 35.2 Å². The predicted octanol–water partition coefficient (Wildman–Crippen LogP) is 3.64. The van der Waals surface area contributed by atoms with E-state index in [2.05, 4.69) is 48.4 Å². The SMILES string of the molecule is CCc1ccc(-c2cn(C[C@@]3(O)CCC[C@]4(C)C[C@H]5OC(=O)[C@@H](COC)[C@H]5C[C@H]43)nn2)cc1. The highest BCUT2D eigenvalue weighted by Crippen LogP contribution is 2.58. The van der Waals surface area contributed by atoms with Gasteiger partial charge in [0.1, 0.15) is 11.8 Å². The Morgan fingerprint density at radius 1 is 1.27 bits per heavy atom. The summed E-state index contributed by atoms with van der Waals surface area (Å²) in [6.45, 7) is 5.19. The maximum Gasteiger partial charge on any atom is 0.311 e. The van der Waals surface area contributed by atoms with Gasteiger partial charge in [0.05, 0.1) is 30.9 Å². The first-order valence-corrected chi connectivity index (χ1v) is 12.3. The average molecular weight is 454 g/mol. The predicted molar refractivity (Wildman–Crippen MR) is 123 cm³/mol. The summed E-state index contributed by atoms with van der Waals surface area (Å²) >= 11 is 0. The van der Waals surface area contributed by atoms with Gasteiger partial charge in [0, 0.05) is 18.6 Å². The second-order valence-electron chi connectivity index (χ2n) is 10.7. The summed E-state index contributed by atoms with van der Waals surface area (Å²) in [5.74, 6) is -0.207. The molecule has 2 aromatic rings. The van der Waals surface area contributed by atoms with Gasteiger partial charge < -0.3 is 14.6 Å². The first kappa shape index (κ1) is 22.5. The quantitative estimate of drug-likeness (QED) is 0.672. The zero-order valence-electron chi connectivity index (χ0n) is 19.9. The van der Waals surface area contributed by atoms with Crippen molar-refractivity contribution in [3.05, 3.63) is 36.0 Å². The Labute approximate surface area is 195 Å². The van der Waals surface area contributed by atoms with Crippen LogP contribution < -0.4 is 0 Å². The minimum atomic E-state index is -0.891. The lowest BCUT2D eigenvalue weighted by Crippen LogP contribution is -2.57. The summed E-state index contributed by atoms with van der Waals surface area (Å²) in [7, 11) is 1.63. The Hall–Kier alpha value is -2.25.